The van der Waals surface area contributed by atoms with E-state index < -0.39 is 0 Å². The molecule has 0 saturated carbocycles. The van der Waals surface area contributed by atoms with Crippen molar-refractivity contribution < 1.29 is 0 Å². The van der Waals surface area contributed by atoms with Crippen molar-refractivity contribution in [1.82, 2.24) is 19.9 Å². The van der Waals surface area contributed by atoms with Gasteiger partial charge >= 0.3 is 0 Å². The summed E-state index contributed by atoms with van der Waals surface area (Å²) in [6.07, 6.45) is 4.67. The number of piperidine rings is 1. The van der Waals surface area contributed by atoms with Crippen molar-refractivity contribution in [3.63, 3.8) is 0 Å². The van der Waals surface area contributed by atoms with Crippen molar-refractivity contribution in [2.75, 3.05) is 55.9 Å². The molecule has 0 aliphatic carbocycles. The van der Waals surface area contributed by atoms with E-state index in [2.05, 4.69) is 49.6 Å². The second-order valence-corrected chi connectivity index (χ2v) is 5.56. The lowest BCUT2D eigenvalue weighted by molar-refractivity contribution is 0.405. The Kier molecular flexibility index (Phi) is 5.94. The molecule has 0 radical (unpaired) electrons. The molecule has 0 bridgehead atoms. The summed E-state index contributed by atoms with van der Waals surface area (Å²) in [5.74, 6) is 7.14. The molecule has 1 aliphatic heterocycles. The summed E-state index contributed by atoms with van der Waals surface area (Å²) in [5, 5.41) is 3.24. The van der Waals surface area contributed by atoms with E-state index in [1.165, 1.54) is 19.3 Å². The van der Waals surface area contributed by atoms with Crippen LogP contribution in [-0.2, 0) is 0 Å². The molecule has 1 aromatic rings. The van der Waals surface area contributed by atoms with Gasteiger partial charge in [-0.2, -0.15) is 15.0 Å². The van der Waals surface area contributed by atoms with E-state index in [0.29, 0.717) is 17.8 Å². The molecule has 1 aromatic heterocycles. The van der Waals surface area contributed by atoms with Crippen LogP contribution in [0.1, 0.15) is 25.7 Å². The number of hydrogen-bond donors (Lipinski definition) is 3. The maximum absolute atomic E-state index is 5.46. The minimum absolute atomic E-state index is 0.403. The molecule has 0 unspecified atom stereocenters. The Morgan fingerprint density at radius 1 is 1.10 bits per heavy atom. The van der Waals surface area contributed by atoms with E-state index in [9.17, 15) is 0 Å². The minimum atomic E-state index is 0.403. The van der Waals surface area contributed by atoms with Crippen LogP contribution in [0.15, 0.2) is 0 Å². The monoisotopic (exact) mass is 294 g/mol. The summed E-state index contributed by atoms with van der Waals surface area (Å²) in [6, 6.07) is 0. The predicted octanol–water partition coefficient (Wildman–Crippen LogP) is 0.511. The minimum Gasteiger partial charge on any atom is -0.354 e. The maximum atomic E-state index is 5.46. The lowest BCUT2D eigenvalue weighted by atomic mass is 10.1. The molecule has 0 spiro atoms. The number of aromatic nitrogens is 3. The first-order chi connectivity index (χ1) is 10.2. The number of hydrazine groups is 1. The highest BCUT2D eigenvalue weighted by Gasteiger charge is 2.15. The highest BCUT2D eigenvalue weighted by molar-refractivity contribution is 5.43. The predicted molar refractivity (Wildman–Crippen MR) is 85.4 cm³/mol. The third-order valence-corrected chi connectivity index (χ3v) is 3.46. The van der Waals surface area contributed by atoms with Gasteiger partial charge in [-0.25, -0.2) is 5.84 Å². The summed E-state index contributed by atoms with van der Waals surface area (Å²) in [5.41, 5.74) is 2.52. The Labute approximate surface area is 126 Å². The third kappa shape index (κ3) is 4.98. The second kappa shape index (κ2) is 7.94. The van der Waals surface area contributed by atoms with Gasteiger partial charge in [0.2, 0.25) is 17.8 Å². The first kappa shape index (κ1) is 15.7. The van der Waals surface area contributed by atoms with Gasteiger partial charge in [-0.15, -0.1) is 0 Å². The number of hydrogen-bond acceptors (Lipinski definition) is 8. The number of rotatable bonds is 7. The number of nitrogens with two attached hydrogens (primary N) is 1. The Bertz CT molecular complexity index is 430. The Balaban J connectivity index is 1.99. The molecule has 8 heteroatoms. The van der Waals surface area contributed by atoms with Crippen LogP contribution < -0.4 is 21.5 Å². The fourth-order valence-electron chi connectivity index (χ4n) is 2.34. The summed E-state index contributed by atoms with van der Waals surface area (Å²) in [4.78, 5) is 17.5. The van der Waals surface area contributed by atoms with Crippen LogP contribution in [0.2, 0.25) is 0 Å². The van der Waals surface area contributed by atoms with Crippen molar-refractivity contribution in [3.8, 4) is 0 Å². The van der Waals surface area contributed by atoms with Crippen molar-refractivity contribution in [1.29, 1.82) is 0 Å². The summed E-state index contributed by atoms with van der Waals surface area (Å²) in [7, 11) is 4.13. The van der Waals surface area contributed by atoms with Crippen LogP contribution >= 0.6 is 0 Å². The van der Waals surface area contributed by atoms with Crippen LogP contribution in [0.3, 0.4) is 0 Å². The topological polar surface area (TPSA) is 95.2 Å². The van der Waals surface area contributed by atoms with Gasteiger partial charge in [-0.3, -0.25) is 5.43 Å². The maximum Gasteiger partial charge on any atom is 0.243 e. The highest BCUT2D eigenvalue weighted by atomic mass is 15.4. The SMILES string of the molecule is CN(C)CCCNc1nc(NN)nc(N2CCCCC2)n1. The van der Waals surface area contributed by atoms with E-state index in [4.69, 9.17) is 5.84 Å². The Morgan fingerprint density at radius 2 is 1.81 bits per heavy atom. The zero-order chi connectivity index (χ0) is 15.1. The van der Waals surface area contributed by atoms with Gasteiger partial charge in [0.15, 0.2) is 0 Å². The molecular formula is C13H26N8. The first-order valence-electron chi connectivity index (χ1n) is 7.55. The normalized spacial score (nSPS) is 15.3. The fourth-order valence-corrected chi connectivity index (χ4v) is 2.34. The smallest absolute Gasteiger partial charge is 0.243 e. The van der Waals surface area contributed by atoms with Gasteiger partial charge in [-0.05, 0) is 46.3 Å². The lowest BCUT2D eigenvalue weighted by Crippen LogP contribution is -2.32. The van der Waals surface area contributed by atoms with Crippen LogP contribution in [-0.4, -0.2) is 60.1 Å². The molecule has 21 heavy (non-hydrogen) atoms. The van der Waals surface area contributed by atoms with Gasteiger partial charge in [-0.1, -0.05) is 0 Å². The third-order valence-electron chi connectivity index (χ3n) is 3.46. The zero-order valence-corrected chi connectivity index (χ0v) is 13.0. The van der Waals surface area contributed by atoms with Gasteiger partial charge in [0.1, 0.15) is 0 Å². The lowest BCUT2D eigenvalue weighted by Gasteiger charge is -2.26. The van der Waals surface area contributed by atoms with E-state index in [1.807, 2.05) is 0 Å². The number of nitrogen functional groups attached to an aromatic ring is 1. The molecule has 0 aromatic carbocycles. The van der Waals surface area contributed by atoms with Crippen molar-refractivity contribution >= 4 is 17.8 Å². The average molecular weight is 294 g/mol. The highest BCUT2D eigenvalue weighted by Crippen LogP contribution is 2.18. The van der Waals surface area contributed by atoms with Crippen LogP contribution in [0.5, 0.6) is 0 Å². The molecule has 0 atom stereocenters. The molecule has 2 rings (SSSR count). The molecule has 4 N–H and O–H groups in total. The molecule has 1 saturated heterocycles. The van der Waals surface area contributed by atoms with Gasteiger partial charge < -0.3 is 15.1 Å². The van der Waals surface area contributed by atoms with E-state index in [0.717, 1.165) is 32.6 Å². The quantitative estimate of drug-likeness (QED) is 0.380. The molecule has 1 aliphatic rings. The van der Waals surface area contributed by atoms with Gasteiger partial charge in [0, 0.05) is 19.6 Å². The van der Waals surface area contributed by atoms with Crippen molar-refractivity contribution in [3.05, 3.63) is 0 Å². The van der Waals surface area contributed by atoms with Gasteiger partial charge in [0.05, 0.1) is 0 Å². The molecule has 118 valence electrons. The van der Waals surface area contributed by atoms with Crippen LogP contribution in [0.4, 0.5) is 17.8 Å². The Hall–Kier alpha value is -1.67. The molecule has 8 nitrogen and oxygen atoms in total. The average Bonchev–Trinajstić information content (AvgIpc) is 2.52. The second-order valence-electron chi connectivity index (χ2n) is 5.56. The van der Waals surface area contributed by atoms with Crippen LogP contribution in [0, 0.1) is 0 Å². The van der Waals surface area contributed by atoms with E-state index in [1.54, 1.807) is 0 Å². The standard InChI is InChI=1S/C13H26N8/c1-20(2)8-6-7-15-11-16-12(19-14)18-13(17-11)21-9-4-3-5-10-21/h3-10,14H2,1-2H3,(H2,15,16,17,18,19). The molecule has 1 fully saturated rings. The van der Waals surface area contributed by atoms with Crippen molar-refractivity contribution in [2.24, 2.45) is 5.84 Å². The van der Waals surface area contributed by atoms with Crippen LogP contribution in [0.25, 0.3) is 0 Å². The van der Waals surface area contributed by atoms with E-state index in [-0.39, 0.29) is 0 Å². The zero-order valence-electron chi connectivity index (χ0n) is 13.0. The summed E-state index contributed by atoms with van der Waals surface area (Å²) in [6.45, 7) is 3.84. The number of nitrogens with one attached hydrogen (secondary N) is 2. The molecule has 2 heterocycles. The summed E-state index contributed by atoms with van der Waals surface area (Å²) < 4.78 is 0. The largest absolute Gasteiger partial charge is 0.354 e. The molecular weight excluding hydrogens is 268 g/mol. The fraction of sp³-hybridized carbons (Fsp3) is 0.769. The van der Waals surface area contributed by atoms with Gasteiger partial charge in [0.25, 0.3) is 0 Å². The number of anilines is 3. The Morgan fingerprint density at radius 3 is 2.48 bits per heavy atom. The first-order valence-corrected chi connectivity index (χ1v) is 7.55. The number of nitrogens with zero attached hydrogens (tertiary/aromatic N) is 5. The van der Waals surface area contributed by atoms with Crippen molar-refractivity contribution in [2.45, 2.75) is 25.7 Å². The molecule has 0 amide bonds. The summed E-state index contributed by atoms with van der Waals surface area (Å²) >= 11 is 0. The van der Waals surface area contributed by atoms with E-state index >= 15 is 0 Å².